The first-order valence-electron chi connectivity index (χ1n) is 6.48. The van der Waals surface area contributed by atoms with Crippen molar-refractivity contribution in [3.05, 3.63) is 46.3 Å². The number of carbonyl (C=O) groups excluding carboxylic acids is 1. The van der Waals surface area contributed by atoms with Crippen LogP contribution in [0.15, 0.2) is 30.5 Å². The van der Waals surface area contributed by atoms with E-state index in [0.717, 1.165) is 23.0 Å². The van der Waals surface area contributed by atoms with Crippen molar-refractivity contribution >= 4 is 17.3 Å². The molecular weight excluding hydrogens is 333 g/mol. The fraction of sp³-hybridized carbons (Fsp3) is 0.231. The molecule has 1 amide bonds. The van der Waals surface area contributed by atoms with Crippen molar-refractivity contribution in [3.8, 4) is 5.75 Å². The molecule has 24 heavy (non-hydrogen) atoms. The Balaban J connectivity index is 1.97. The van der Waals surface area contributed by atoms with Gasteiger partial charge in [-0.1, -0.05) is 0 Å². The predicted molar refractivity (Wildman–Crippen MR) is 75.4 cm³/mol. The van der Waals surface area contributed by atoms with Crippen LogP contribution >= 0.6 is 0 Å². The molecule has 1 aromatic carbocycles. The van der Waals surface area contributed by atoms with Gasteiger partial charge in [-0.3, -0.25) is 19.6 Å². The fourth-order valence-electron chi connectivity index (χ4n) is 1.86. The first-order valence-corrected chi connectivity index (χ1v) is 6.48. The molecular formula is C13H11F3N4O4. The number of hydrogen-bond donors (Lipinski definition) is 1. The third-order valence-corrected chi connectivity index (χ3v) is 2.79. The average Bonchev–Trinajstić information content (AvgIpc) is 2.80. The Labute approximate surface area is 133 Å². The minimum Gasteiger partial charge on any atom is -0.406 e. The molecule has 0 atom stereocenters. The first-order chi connectivity index (χ1) is 11.1. The SMILES string of the molecule is Cc1nn(CC(=O)Nc2ccc(OC(F)(F)F)cc2)cc1[N+](=O)[O-]. The molecule has 0 radical (unpaired) electrons. The van der Waals surface area contributed by atoms with Gasteiger partial charge in [0.25, 0.3) is 0 Å². The summed E-state index contributed by atoms with van der Waals surface area (Å²) in [5.41, 5.74) is 0.200. The molecule has 0 bridgehead atoms. The monoisotopic (exact) mass is 344 g/mol. The van der Waals surface area contributed by atoms with Gasteiger partial charge >= 0.3 is 12.0 Å². The maximum atomic E-state index is 12.0. The van der Waals surface area contributed by atoms with E-state index in [1.165, 1.54) is 19.1 Å². The van der Waals surface area contributed by atoms with E-state index in [-0.39, 0.29) is 23.6 Å². The second-order valence-electron chi connectivity index (χ2n) is 4.67. The number of rotatable bonds is 5. The molecule has 0 unspecified atom stereocenters. The summed E-state index contributed by atoms with van der Waals surface area (Å²) in [6.45, 7) is 1.15. The van der Waals surface area contributed by atoms with E-state index in [2.05, 4.69) is 15.2 Å². The third-order valence-electron chi connectivity index (χ3n) is 2.79. The normalized spacial score (nSPS) is 11.2. The molecule has 2 rings (SSSR count). The van der Waals surface area contributed by atoms with E-state index < -0.39 is 22.9 Å². The number of carbonyl (C=O) groups is 1. The number of nitro groups is 1. The van der Waals surface area contributed by atoms with Gasteiger partial charge in [0.1, 0.15) is 24.2 Å². The van der Waals surface area contributed by atoms with Crippen LogP contribution in [0, 0.1) is 17.0 Å². The van der Waals surface area contributed by atoms with Crippen LogP contribution < -0.4 is 10.1 Å². The zero-order valence-electron chi connectivity index (χ0n) is 12.2. The lowest BCUT2D eigenvalue weighted by atomic mass is 10.3. The van der Waals surface area contributed by atoms with Crippen molar-refractivity contribution < 1.29 is 27.6 Å². The molecule has 0 fully saturated rings. The Hall–Kier alpha value is -3.11. The fourth-order valence-corrected chi connectivity index (χ4v) is 1.86. The van der Waals surface area contributed by atoms with Gasteiger partial charge < -0.3 is 10.1 Å². The second kappa shape index (κ2) is 6.56. The highest BCUT2D eigenvalue weighted by Crippen LogP contribution is 2.24. The molecule has 128 valence electrons. The van der Waals surface area contributed by atoms with E-state index >= 15 is 0 Å². The van der Waals surface area contributed by atoms with Crippen molar-refractivity contribution in [2.75, 3.05) is 5.32 Å². The lowest BCUT2D eigenvalue weighted by Gasteiger charge is -2.10. The summed E-state index contributed by atoms with van der Waals surface area (Å²) in [5.74, 6) is -0.962. The maximum Gasteiger partial charge on any atom is 0.573 e. The Morgan fingerprint density at radius 1 is 1.38 bits per heavy atom. The number of anilines is 1. The highest BCUT2D eigenvalue weighted by molar-refractivity contribution is 5.90. The summed E-state index contributed by atoms with van der Waals surface area (Å²) in [6, 6.07) is 4.56. The van der Waals surface area contributed by atoms with Crippen LogP contribution in [0.5, 0.6) is 5.75 Å². The van der Waals surface area contributed by atoms with Gasteiger partial charge in [-0.15, -0.1) is 13.2 Å². The maximum absolute atomic E-state index is 12.0. The van der Waals surface area contributed by atoms with Gasteiger partial charge in [-0.05, 0) is 31.2 Å². The van der Waals surface area contributed by atoms with Crippen molar-refractivity contribution in [1.29, 1.82) is 0 Å². The van der Waals surface area contributed by atoms with Crippen LogP contribution in [0.3, 0.4) is 0 Å². The number of amides is 1. The smallest absolute Gasteiger partial charge is 0.406 e. The van der Waals surface area contributed by atoms with Crippen LogP contribution in [0.1, 0.15) is 5.69 Å². The topological polar surface area (TPSA) is 99.3 Å². The van der Waals surface area contributed by atoms with Crippen LogP contribution in [-0.2, 0) is 11.3 Å². The number of ether oxygens (including phenoxy) is 1. The highest BCUT2D eigenvalue weighted by Gasteiger charge is 2.30. The van der Waals surface area contributed by atoms with Crippen LogP contribution in [0.25, 0.3) is 0 Å². The summed E-state index contributed by atoms with van der Waals surface area (Å²) in [5, 5.41) is 17.0. The van der Waals surface area contributed by atoms with E-state index in [1.807, 2.05) is 0 Å². The average molecular weight is 344 g/mol. The minimum absolute atomic E-state index is 0.168. The van der Waals surface area contributed by atoms with E-state index in [4.69, 9.17) is 0 Å². The molecule has 0 aliphatic rings. The molecule has 0 saturated carbocycles. The number of nitrogens with zero attached hydrogens (tertiary/aromatic N) is 3. The number of hydrogen-bond acceptors (Lipinski definition) is 5. The Kier molecular flexibility index (Phi) is 4.71. The molecule has 1 N–H and O–H groups in total. The summed E-state index contributed by atoms with van der Waals surface area (Å²) >= 11 is 0. The molecule has 2 aromatic rings. The summed E-state index contributed by atoms with van der Waals surface area (Å²) < 4.78 is 40.9. The third kappa shape index (κ3) is 4.69. The summed E-state index contributed by atoms with van der Waals surface area (Å²) in [4.78, 5) is 21.9. The predicted octanol–water partition coefficient (Wildman–Crippen LogP) is 2.64. The lowest BCUT2D eigenvalue weighted by Crippen LogP contribution is -2.19. The molecule has 0 aliphatic heterocycles. The van der Waals surface area contributed by atoms with Crippen LogP contribution in [0.2, 0.25) is 0 Å². The Bertz CT molecular complexity index is 756. The van der Waals surface area contributed by atoms with Gasteiger partial charge in [0, 0.05) is 5.69 Å². The number of aryl methyl sites for hydroxylation is 1. The number of alkyl halides is 3. The molecule has 0 spiro atoms. The molecule has 8 nitrogen and oxygen atoms in total. The molecule has 1 heterocycles. The van der Waals surface area contributed by atoms with Crippen molar-refractivity contribution in [3.63, 3.8) is 0 Å². The minimum atomic E-state index is -4.79. The second-order valence-corrected chi connectivity index (χ2v) is 4.67. The molecule has 1 aromatic heterocycles. The van der Waals surface area contributed by atoms with E-state index in [0.29, 0.717) is 0 Å². The highest BCUT2D eigenvalue weighted by atomic mass is 19.4. The van der Waals surface area contributed by atoms with Gasteiger partial charge in [0.2, 0.25) is 5.91 Å². The van der Waals surface area contributed by atoms with Crippen molar-refractivity contribution in [2.45, 2.75) is 19.8 Å². The number of benzene rings is 1. The quantitative estimate of drug-likeness (QED) is 0.664. The van der Waals surface area contributed by atoms with Gasteiger partial charge in [-0.25, -0.2) is 0 Å². The van der Waals surface area contributed by atoms with E-state index in [9.17, 15) is 28.1 Å². The lowest BCUT2D eigenvalue weighted by molar-refractivity contribution is -0.385. The van der Waals surface area contributed by atoms with Crippen LogP contribution in [0.4, 0.5) is 24.5 Å². The van der Waals surface area contributed by atoms with Gasteiger partial charge in [-0.2, -0.15) is 5.10 Å². The largest absolute Gasteiger partial charge is 0.573 e. The molecule has 0 saturated heterocycles. The van der Waals surface area contributed by atoms with E-state index in [1.54, 1.807) is 0 Å². The molecule has 11 heteroatoms. The van der Waals surface area contributed by atoms with Crippen LogP contribution in [-0.4, -0.2) is 27.0 Å². The number of halogens is 3. The molecule has 0 aliphatic carbocycles. The summed E-state index contributed by atoms with van der Waals surface area (Å²) in [7, 11) is 0. The van der Waals surface area contributed by atoms with Gasteiger partial charge in [0.15, 0.2) is 0 Å². The van der Waals surface area contributed by atoms with Gasteiger partial charge in [0.05, 0.1) is 4.92 Å². The van der Waals surface area contributed by atoms with Crippen molar-refractivity contribution in [2.24, 2.45) is 0 Å². The zero-order chi connectivity index (χ0) is 17.9. The number of nitrogens with one attached hydrogen (secondary N) is 1. The first kappa shape index (κ1) is 17.2. The zero-order valence-corrected chi connectivity index (χ0v) is 12.2. The van der Waals surface area contributed by atoms with Crippen molar-refractivity contribution in [1.82, 2.24) is 9.78 Å². The Morgan fingerprint density at radius 3 is 2.50 bits per heavy atom. The standard InChI is InChI=1S/C13H11F3N4O4/c1-8-11(20(22)23)6-19(18-8)7-12(21)17-9-2-4-10(5-3-9)24-13(14,15)16/h2-6H,7H2,1H3,(H,17,21). The number of aromatic nitrogens is 2. The Morgan fingerprint density at radius 2 is 2.00 bits per heavy atom. The summed E-state index contributed by atoms with van der Waals surface area (Å²) in [6.07, 6.45) is -3.67.